The van der Waals surface area contributed by atoms with Crippen LogP contribution in [0.25, 0.3) is 0 Å². The van der Waals surface area contributed by atoms with E-state index >= 15 is 0 Å². The lowest BCUT2D eigenvalue weighted by atomic mass is 10.2. The highest BCUT2D eigenvalue weighted by Gasteiger charge is 2.34. The summed E-state index contributed by atoms with van der Waals surface area (Å²) >= 11 is 0. The van der Waals surface area contributed by atoms with Crippen LogP contribution in [0.3, 0.4) is 0 Å². The summed E-state index contributed by atoms with van der Waals surface area (Å²) in [7, 11) is 1.12. The normalized spacial score (nSPS) is 11.7. The predicted molar refractivity (Wildman–Crippen MR) is 46.8 cm³/mol. The van der Waals surface area contributed by atoms with Gasteiger partial charge in [0.05, 0.1) is 12.7 Å². The van der Waals surface area contributed by atoms with Crippen LogP contribution in [-0.2, 0) is 0 Å². The third kappa shape index (κ3) is 3.33. The topological polar surface area (TPSA) is 57.4 Å². The highest BCUT2D eigenvalue weighted by Crippen LogP contribution is 2.36. The lowest BCUT2D eigenvalue weighted by molar-refractivity contribution is -0.276. The lowest BCUT2D eigenvalue weighted by Gasteiger charge is -2.14. The van der Waals surface area contributed by atoms with E-state index in [1.165, 1.54) is 0 Å². The van der Waals surface area contributed by atoms with Gasteiger partial charge in [-0.2, -0.15) is 4.98 Å². The second-order valence-corrected chi connectivity index (χ2v) is 2.82. The zero-order valence-corrected chi connectivity index (χ0v) is 8.39. The maximum Gasteiger partial charge on any atom is 0.574 e. The molecule has 0 aliphatic carbocycles. The van der Waals surface area contributed by atoms with Gasteiger partial charge in [0.1, 0.15) is 0 Å². The number of hydrogen-bond donors (Lipinski definition) is 1. The van der Waals surface area contributed by atoms with Crippen molar-refractivity contribution < 1.29 is 31.4 Å². The van der Waals surface area contributed by atoms with Gasteiger partial charge in [-0.05, 0) is 6.07 Å². The third-order valence-electron chi connectivity index (χ3n) is 1.68. The van der Waals surface area contributed by atoms with Crippen molar-refractivity contribution in [3.63, 3.8) is 0 Å². The summed E-state index contributed by atoms with van der Waals surface area (Å²) in [6.45, 7) is 0. The van der Waals surface area contributed by atoms with Gasteiger partial charge in [0.15, 0.2) is 11.6 Å². The van der Waals surface area contributed by atoms with Crippen molar-refractivity contribution in [1.82, 2.24) is 4.98 Å². The molecule has 2 N–H and O–H groups in total. The molecule has 1 aromatic heterocycles. The zero-order valence-electron chi connectivity index (χ0n) is 8.39. The number of nitrogens with two attached hydrogens (primary N) is 1. The summed E-state index contributed by atoms with van der Waals surface area (Å²) in [5, 5.41) is 0. The molecular weight excluding hydrogens is 251 g/mol. The van der Waals surface area contributed by atoms with E-state index in [-0.39, 0.29) is 5.75 Å². The van der Waals surface area contributed by atoms with Crippen molar-refractivity contribution in [2.75, 3.05) is 12.8 Å². The van der Waals surface area contributed by atoms with E-state index in [4.69, 9.17) is 5.73 Å². The molecule has 96 valence electrons. The van der Waals surface area contributed by atoms with Crippen molar-refractivity contribution in [3.05, 3.63) is 11.6 Å². The standard InChI is InChI=1S/C8H7F5N2O2/c1-16-4-2-3(5(9)10)7(15-6(4)14)17-8(11,12)13/h2,5H,1H3,(H2,14,15). The average molecular weight is 258 g/mol. The number of nitrogens with zero attached hydrogens (tertiary/aromatic N) is 1. The quantitative estimate of drug-likeness (QED) is 0.846. The summed E-state index contributed by atoms with van der Waals surface area (Å²) in [6, 6.07) is 0.647. The molecule has 1 rings (SSSR count). The molecule has 0 saturated carbocycles. The molecule has 0 saturated heterocycles. The summed E-state index contributed by atoms with van der Waals surface area (Å²) < 4.78 is 68.6. The molecule has 0 aliphatic rings. The molecule has 0 amide bonds. The average Bonchev–Trinajstić information content (AvgIpc) is 2.14. The first kappa shape index (κ1) is 13.3. The fourth-order valence-corrected chi connectivity index (χ4v) is 1.02. The Balaban J connectivity index is 3.23. The molecule has 0 bridgehead atoms. The molecule has 0 radical (unpaired) electrons. The third-order valence-corrected chi connectivity index (χ3v) is 1.68. The minimum absolute atomic E-state index is 0.255. The van der Waals surface area contributed by atoms with Gasteiger partial charge in [0.2, 0.25) is 5.88 Å². The van der Waals surface area contributed by atoms with Crippen molar-refractivity contribution in [3.8, 4) is 11.6 Å². The van der Waals surface area contributed by atoms with Crippen molar-refractivity contribution in [2.24, 2.45) is 0 Å². The van der Waals surface area contributed by atoms with Gasteiger partial charge in [-0.25, -0.2) is 8.78 Å². The molecular formula is C8H7F5N2O2. The molecule has 9 heteroatoms. The summed E-state index contributed by atoms with van der Waals surface area (Å²) in [4.78, 5) is 3.08. The first-order valence-corrected chi connectivity index (χ1v) is 4.13. The van der Waals surface area contributed by atoms with Gasteiger partial charge in [0.25, 0.3) is 6.43 Å². The van der Waals surface area contributed by atoms with Crippen LogP contribution >= 0.6 is 0 Å². The van der Waals surface area contributed by atoms with Gasteiger partial charge in [-0.15, -0.1) is 13.2 Å². The van der Waals surface area contributed by atoms with E-state index in [9.17, 15) is 22.0 Å². The maximum atomic E-state index is 12.5. The summed E-state index contributed by atoms with van der Waals surface area (Å²) in [6.07, 6.45) is -8.33. The predicted octanol–water partition coefficient (Wildman–Crippen LogP) is 2.51. The fraction of sp³-hybridized carbons (Fsp3) is 0.375. The highest BCUT2D eigenvalue weighted by atomic mass is 19.4. The first-order chi connectivity index (χ1) is 7.74. The van der Waals surface area contributed by atoms with Crippen LogP contribution < -0.4 is 15.2 Å². The number of pyridine rings is 1. The summed E-state index contributed by atoms with van der Waals surface area (Å²) in [5.41, 5.74) is 4.14. The van der Waals surface area contributed by atoms with Crippen LogP contribution in [0, 0.1) is 0 Å². The number of methoxy groups -OCH3 is 1. The van der Waals surface area contributed by atoms with E-state index in [0.717, 1.165) is 7.11 Å². The second-order valence-electron chi connectivity index (χ2n) is 2.82. The Morgan fingerprint density at radius 1 is 1.35 bits per heavy atom. The molecule has 0 fully saturated rings. The molecule has 4 nitrogen and oxygen atoms in total. The van der Waals surface area contributed by atoms with Crippen LogP contribution in [0.4, 0.5) is 27.8 Å². The van der Waals surface area contributed by atoms with Gasteiger partial charge in [-0.3, -0.25) is 0 Å². The maximum absolute atomic E-state index is 12.5. The van der Waals surface area contributed by atoms with Crippen LogP contribution in [0.1, 0.15) is 12.0 Å². The molecule has 1 heterocycles. The second kappa shape index (κ2) is 4.60. The molecule has 17 heavy (non-hydrogen) atoms. The number of ether oxygens (including phenoxy) is 2. The lowest BCUT2D eigenvalue weighted by Crippen LogP contribution is -2.19. The van der Waals surface area contributed by atoms with Gasteiger partial charge in [-0.1, -0.05) is 0 Å². The van der Waals surface area contributed by atoms with E-state index < -0.39 is 30.0 Å². The minimum atomic E-state index is -5.13. The number of hydrogen-bond acceptors (Lipinski definition) is 4. The van der Waals surface area contributed by atoms with E-state index in [0.29, 0.717) is 6.07 Å². The van der Waals surface area contributed by atoms with Crippen LogP contribution in [-0.4, -0.2) is 18.5 Å². The van der Waals surface area contributed by atoms with Crippen molar-refractivity contribution >= 4 is 5.82 Å². The largest absolute Gasteiger partial charge is 0.574 e. The van der Waals surface area contributed by atoms with E-state index in [1.54, 1.807) is 0 Å². The molecule has 0 spiro atoms. The Morgan fingerprint density at radius 2 is 1.94 bits per heavy atom. The SMILES string of the molecule is COc1cc(C(F)F)c(OC(F)(F)F)nc1N. The van der Waals surface area contributed by atoms with Gasteiger partial charge in [0, 0.05) is 0 Å². The molecule has 1 aromatic rings. The number of halogens is 5. The summed E-state index contributed by atoms with van der Waals surface area (Å²) in [5.74, 6) is -2.02. The minimum Gasteiger partial charge on any atom is -0.493 e. The Hall–Kier alpha value is -1.80. The van der Waals surface area contributed by atoms with Crippen LogP contribution in [0.5, 0.6) is 11.6 Å². The van der Waals surface area contributed by atoms with Gasteiger partial charge < -0.3 is 15.2 Å². The van der Waals surface area contributed by atoms with E-state index in [1.807, 2.05) is 0 Å². The Labute approximate surface area is 92.1 Å². The number of anilines is 1. The smallest absolute Gasteiger partial charge is 0.493 e. The number of alkyl halides is 5. The monoisotopic (exact) mass is 258 g/mol. The van der Waals surface area contributed by atoms with Crippen LogP contribution in [0.2, 0.25) is 0 Å². The van der Waals surface area contributed by atoms with Crippen molar-refractivity contribution in [2.45, 2.75) is 12.8 Å². The molecule has 0 aliphatic heterocycles. The molecule has 0 unspecified atom stereocenters. The molecule has 0 atom stereocenters. The van der Waals surface area contributed by atoms with Crippen molar-refractivity contribution in [1.29, 1.82) is 0 Å². The Bertz CT molecular complexity index is 408. The number of aromatic nitrogens is 1. The van der Waals surface area contributed by atoms with Crippen LogP contribution in [0.15, 0.2) is 6.07 Å². The number of rotatable bonds is 3. The zero-order chi connectivity index (χ0) is 13.2. The Kier molecular flexibility index (Phi) is 3.59. The fourth-order valence-electron chi connectivity index (χ4n) is 1.02. The molecule has 0 aromatic carbocycles. The number of nitrogen functional groups attached to an aromatic ring is 1. The highest BCUT2D eigenvalue weighted by molar-refractivity contribution is 5.51. The van der Waals surface area contributed by atoms with E-state index in [2.05, 4.69) is 14.5 Å². The van der Waals surface area contributed by atoms with Gasteiger partial charge >= 0.3 is 6.36 Å². The Morgan fingerprint density at radius 3 is 2.35 bits per heavy atom. The first-order valence-electron chi connectivity index (χ1n) is 4.13.